The van der Waals surface area contributed by atoms with Gasteiger partial charge in [0.15, 0.2) is 11.5 Å². The minimum absolute atomic E-state index is 0.304. The lowest BCUT2D eigenvalue weighted by Gasteiger charge is -2.20. The van der Waals surface area contributed by atoms with Crippen molar-refractivity contribution in [2.45, 2.75) is 13.0 Å². The van der Waals surface area contributed by atoms with Crippen LogP contribution in [0, 0.1) is 5.82 Å². The lowest BCUT2D eigenvalue weighted by molar-refractivity contribution is 0.310. The van der Waals surface area contributed by atoms with Gasteiger partial charge >= 0.3 is 5.69 Å². The molecule has 3 rings (SSSR count). The van der Waals surface area contributed by atoms with Gasteiger partial charge in [-0.15, -0.1) is 0 Å². The summed E-state index contributed by atoms with van der Waals surface area (Å²) < 4.78 is 51.7. The summed E-state index contributed by atoms with van der Waals surface area (Å²) in [4.78, 5) is 13.0. The van der Waals surface area contributed by atoms with E-state index in [1.54, 1.807) is 18.2 Å². The Balaban J connectivity index is 2.28. The first-order valence-electron chi connectivity index (χ1n) is 9.01. The number of benzene rings is 2. The van der Waals surface area contributed by atoms with E-state index in [1.165, 1.54) is 41.5 Å². The molecule has 0 saturated heterocycles. The van der Waals surface area contributed by atoms with Gasteiger partial charge in [0.05, 0.1) is 36.5 Å². The number of ether oxygens (including phenoxy) is 2. The van der Waals surface area contributed by atoms with Crippen LogP contribution in [0.5, 0.6) is 11.5 Å². The maximum Gasteiger partial charge on any atom is 0.329 e. The van der Waals surface area contributed by atoms with Gasteiger partial charge in [0.2, 0.25) is 0 Å². The number of fused-ring (bicyclic) bond motifs is 1. The van der Waals surface area contributed by atoms with Crippen molar-refractivity contribution in [1.29, 1.82) is 0 Å². The topological polar surface area (TPSA) is 79.5 Å². The summed E-state index contributed by atoms with van der Waals surface area (Å²) in [5.41, 5.74) is 0.958. The number of aromatic nitrogens is 2. The van der Waals surface area contributed by atoms with Gasteiger partial charge in [0.25, 0.3) is 0 Å². The van der Waals surface area contributed by atoms with E-state index in [-0.39, 0.29) is 5.75 Å². The number of rotatable bonds is 7. The van der Waals surface area contributed by atoms with Gasteiger partial charge in [-0.3, -0.25) is 9.13 Å². The van der Waals surface area contributed by atoms with Gasteiger partial charge in [-0.25, -0.2) is 17.6 Å². The summed E-state index contributed by atoms with van der Waals surface area (Å²) in [6, 6.07) is 8.20. The molecule has 0 bridgehead atoms. The Bertz CT molecular complexity index is 1210. The molecule has 0 fully saturated rings. The Morgan fingerprint density at radius 1 is 1.10 bits per heavy atom. The van der Waals surface area contributed by atoms with Crippen molar-refractivity contribution < 1.29 is 22.3 Å². The van der Waals surface area contributed by atoms with Crippen LogP contribution in [0.15, 0.2) is 41.2 Å². The predicted molar refractivity (Wildman–Crippen MR) is 109 cm³/mol. The zero-order valence-electron chi connectivity index (χ0n) is 16.7. The van der Waals surface area contributed by atoms with Crippen LogP contribution in [0.2, 0.25) is 0 Å². The van der Waals surface area contributed by atoms with Gasteiger partial charge in [0, 0.05) is 13.3 Å². The lowest BCUT2D eigenvalue weighted by Crippen LogP contribution is -2.30. The van der Waals surface area contributed by atoms with Gasteiger partial charge in [-0.05, 0) is 42.8 Å². The Kier molecular flexibility index (Phi) is 5.70. The largest absolute Gasteiger partial charge is 0.493 e. The second-order valence-electron chi connectivity index (χ2n) is 6.80. The third kappa shape index (κ3) is 4.14. The third-order valence-electron chi connectivity index (χ3n) is 4.70. The molecule has 0 N–H and O–H groups in total. The molecule has 0 radical (unpaired) electrons. The minimum atomic E-state index is -3.46. The molecule has 9 heteroatoms. The summed E-state index contributed by atoms with van der Waals surface area (Å²) in [5, 5.41) is 0. The normalized spacial score (nSPS) is 12.9. The van der Waals surface area contributed by atoms with E-state index >= 15 is 0 Å². The van der Waals surface area contributed by atoms with Crippen LogP contribution < -0.4 is 15.2 Å². The number of sulfone groups is 1. The first-order valence-corrected chi connectivity index (χ1v) is 11.1. The number of halogens is 1. The maximum atomic E-state index is 13.7. The fourth-order valence-electron chi connectivity index (χ4n) is 3.41. The molecule has 3 aromatic rings. The number of aryl methyl sites for hydroxylation is 1. The molecule has 0 unspecified atom stereocenters. The van der Waals surface area contributed by atoms with Crippen LogP contribution >= 0.6 is 0 Å². The van der Waals surface area contributed by atoms with E-state index in [0.717, 1.165) is 6.26 Å². The number of hydrogen-bond acceptors (Lipinski definition) is 5. The van der Waals surface area contributed by atoms with Crippen LogP contribution in [0.4, 0.5) is 4.39 Å². The first kappa shape index (κ1) is 20.9. The Morgan fingerprint density at radius 3 is 2.45 bits per heavy atom. The number of methoxy groups -OCH3 is 1. The highest BCUT2D eigenvalue weighted by atomic mass is 32.2. The number of imidazole rings is 1. The smallest absolute Gasteiger partial charge is 0.329 e. The highest BCUT2D eigenvalue weighted by Crippen LogP contribution is 2.33. The standard InChI is InChI=1S/C20H23FN2O5S/c1-5-28-19-10-13(6-9-18(19)27-3)17(12-29(4,25)26)23-15-8-7-14(21)11-16(15)22(2)20(23)24/h6-11,17H,5,12H2,1-4H3/t17-/m1/s1. The van der Waals surface area contributed by atoms with Crippen molar-refractivity contribution in [3.8, 4) is 11.5 Å². The lowest BCUT2D eigenvalue weighted by atomic mass is 10.1. The SMILES string of the molecule is CCOc1cc([C@@H](CS(C)(=O)=O)n2c(=O)n(C)c3cc(F)ccc32)ccc1OC. The van der Waals surface area contributed by atoms with Crippen molar-refractivity contribution in [3.05, 3.63) is 58.3 Å². The molecule has 156 valence electrons. The van der Waals surface area contributed by atoms with Crippen molar-refractivity contribution in [3.63, 3.8) is 0 Å². The van der Waals surface area contributed by atoms with Gasteiger partial charge < -0.3 is 9.47 Å². The molecular formula is C20H23FN2O5S. The molecule has 29 heavy (non-hydrogen) atoms. The fourth-order valence-corrected chi connectivity index (χ4v) is 4.33. The average Bonchev–Trinajstić information content (AvgIpc) is 2.90. The molecule has 2 aromatic carbocycles. The fraction of sp³-hybridized carbons (Fsp3) is 0.350. The van der Waals surface area contributed by atoms with Gasteiger partial charge in [0.1, 0.15) is 15.7 Å². The molecule has 1 aromatic heterocycles. The highest BCUT2D eigenvalue weighted by molar-refractivity contribution is 7.90. The molecule has 0 aliphatic carbocycles. The molecule has 0 amide bonds. The summed E-state index contributed by atoms with van der Waals surface area (Å²) in [6.07, 6.45) is 1.11. The first-order chi connectivity index (χ1) is 13.7. The molecule has 0 spiro atoms. The van der Waals surface area contributed by atoms with Crippen LogP contribution in [0.3, 0.4) is 0 Å². The van der Waals surface area contributed by atoms with E-state index in [2.05, 4.69) is 0 Å². The van der Waals surface area contributed by atoms with Crippen molar-refractivity contribution >= 4 is 20.9 Å². The Morgan fingerprint density at radius 2 is 1.83 bits per heavy atom. The van der Waals surface area contributed by atoms with Gasteiger partial charge in [-0.1, -0.05) is 6.07 Å². The van der Waals surface area contributed by atoms with Crippen molar-refractivity contribution in [1.82, 2.24) is 9.13 Å². The maximum absolute atomic E-state index is 13.7. The third-order valence-corrected chi connectivity index (χ3v) is 5.62. The molecule has 0 aliphatic rings. The van der Waals surface area contributed by atoms with E-state index in [1.807, 2.05) is 6.92 Å². The van der Waals surface area contributed by atoms with E-state index in [0.29, 0.717) is 34.7 Å². The molecule has 0 saturated carbocycles. The minimum Gasteiger partial charge on any atom is -0.493 e. The summed E-state index contributed by atoms with van der Waals surface area (Å²) in [6.45, 7) is 2.22. The summed E-state index contributed by atoms with van der Waals surface area (Å²) in [7, 11) is -0.425. The van der Waals surface area contributed by atoms with Gasteiger partial charge in [-0.2, -0.15) is 0 Å². The van der Waals surface area contributed by atoms with Crippen molar-refractivity contribution in [2.75, 3.05) is 25.7 Å². The summed E-state index contributed by atoms with van der Waals surface area (Å²) in [5.74, 6) is 0.167. The average molecular weight is 422 g/mol. The molecule has 1 atom stereocenters. The second-order valence-corrected chi connectivity index (χ2v) is 8.98. The number of nitrogens with zero attached hydrogens (tertiary/aromatic N) is 2. The Hall–Kier alpha value is -2.81. The van der Waals surface area contributed by atoms with Crippen LogP contribution in [0.1, 0.15) is 18.5 Å². The van der Waals surface area contributed by atoms with Crippen LogP contribution in [-0.4, -0.2) is 43.3 Å². The van der Waals surface area contributed by atoms with E-state index in [9.17, 15) is 17.6 Å². The quantitative estimate of drug-likeness (QED) is 0.585. The zero-order valence-corrected chi connectivity index (χ0v) is 17.5. The van der Waals surface area contributed by atoms with E-state index in [4.69, 9.17) is 9.47 Å². The second kappa shape index (κ2) is 7.90. The highest BCUT2D eigenvalue weighted by Gasteiger charge is 2.26. The van der Waals surface area contributed by atoms with Crippen LogP contribution in [-0.2, 0) is 16.9 Å². The molecule has 0 aliphatic heterocycles. The number of hydrogen-bond donors (Lipinski definition) is 0. The zero-order chi connectivity index (χ0) is 21.3. The molecule has 7 nitrogen and oxygen atoms in total. The van der Waals surface area contributed by atoms with Crippen LogP contribution in [0.25, 0.3) is 11.0 Å². The Labute approximate surface area is 168 Å². The molecule has 1 heterocycles. The van der Waals surface area contributed by atoms with E-state index < -0.39 is 27.4 Å². The summed E-state index contributed by atoms with van der Waals surface area (Å²) >= 11 is 0. The monoisotopic (exact) mass is 422 g/mol. The molecular weight excluding hydrogens is 399 g/mol. The van der Waals surface area contributed by atoms with Crippen molar-refractivity contribution in [2.24, 2.45) is 7.05 Å². The predicted octanol–water partition coefficient (Wildman–Crippen LogP) is 2.52.